The van der Waals surface area contributed by atoms with Gasteiger partial charge < -0.3 is 15.2 Å². The van der Waals surface area contributed by atoms with Crippen LogP contribution >= 0.6 is 15.9 Å². The number of ether oxygens (including phenoxy) is 1. The molecule has 0 radical (unpaired) electrons. The number of nitrogens with one attached hydrogen (secondary N) is 1. The molecule has 0 saturated carbocycles. The minimum atomic E-state index is -0.595. The topological polar surface area (TPSA) is 41.5 Å². The van der Waals surface area contributed by atoms with Gasteiger partial charge >= 0.3 is 0 Å². The van der Waals surface area contributed by atoms with E-state index < -0.39 is 6.10 Å². The highest BCUT2D eigenvalue weighted by Crippen LogP contribution is 2.23. The number of rotatable bonds is 10. The molecule has 0 saturated heterocycles. The molecule has 0 aliphatic rings. The Morgan fingerprint density at radius 1 is 1.33 bits per heavy atom. The van der Waals surface area contributed by atoms with Crippen LogP contribution in [0.4, 0.5) is 10.1 Å². The normalized spacial score (nSPS) is 12.4. The molecule has 0 amide bonds. The third-order valence-electron chi connectivity index (χ3n) is 3.25. The highest BCUT2D eigenvalue weighted by atomic mass is 79.9. The molecule has 0 heterocycles. The largest absolute Gasteiger partial charge is 0.389 e. The summed E-state index contributed by atoms with van der Waals surface area (Å²) in [5, 5.41) is 12.9. The van der Waals surface area contributed by atoms with E-state index in [1.54, 1.807) is 6.07 Å². The highest BCUT2D eigenvalue weighted by Gasteiger charge is 2.08. The van der Waals surface area contributed by atoms with E-state index in [1.165, 1.54) is 25.3 Å². The van der Waals surface area contributed by atoms with Crippen molar-refractivity contribution < 1.29 is 14.2 Å². The predicted molar refractivity (Wildman–Crippen MR) is 88.3 cm³/mol. The molecule has 0 fully saturated rings. The summed E-state index contributed by atoms with van der Waals surface area (Å²) in [5.41, 5.74) is 1.62. The van der Waals surface area contributed by atoms with Gasteiger partial charge in [0.1, 0.15) is 5.82 Å². The van der Waals surface area contributed by atoms with Gasteiger partial charge in [-0.3, -0.25) is 0 Å². The summed E-state index contributed by atoms with van der Waals surface area (Å²) in [4.78, 5) is 0. The molecule has 5 heteroatoms. The second-order valence-electron chi connectivity index (χ2n) is 5.25. The Labute approximate surface area is 135 Å². The highest BCUT2D eigenvalue weighted by molar-refractivity contribution is 9.10. The zero-order chi connectivity index (χ0) is 15.7. The molecule has 0 aliphatic carbocycles. The van der Waals surface area contributed by atoms with Crippen molar-refractivity contribution in [2.24, 2.45) is 0 Å². The standard InChI is InChI=1S/C16H25BrFNO2/c1-3-4-5-6-7-21-11-13(20)10-19-16-9-15(18)14(17)8-12(16)2/h8-9,13,19-20H,3-7,10-11H2,1-2H3. The van der Waals surface area contributed by atoms with Crippen LogP contribution in [0.15, 0.2) is 16.6 Å². The van der Waals surface area contributed by atoms with Gasteiger partial charge in [-0.15, -0.1) is 0 Å². The van der Waals surface area contributed by atoms with Crippen molar-refractivity contribution in [2.75, 3.05) is 25.1 Å². The van der Waals surface area contributed by atoms with Gasteiger partial charge in [0.15, 0.2) is 0 Å². The van der Waals surface area contributed by atoms with E-state index in [0.29, 0.717) is 29.9 Å². The lowest BCUT2D eigenvalue weighted by Crippen LogP contribution is -2.25. The van der Waals surface area contributed by atoms with Gasteiger partial charge in [-0.2, -0.15) is 0 Å². The maximum absolute atomic E-state index is 13.5. The van der Waals surface area contributed by atoms with Crippen molar-refractivity contribution in [1.29, 1.82) is 0 Å². The first kappa shape index (κ1) is 18.4. The van der Waals surface area contributed by atoms with Crippen LogP contribution in [0.1, 0.15) is 38.2 Å². The van der Waals surface area contributed by atoms with Crippen molar-refractivity contribution in [2.45, 2.75) is 45.6 Å². The quantitative estimate of drug-likeness (QED) is 0.611. The molecule has 2 N–H and O–H groups in total. The third-order valence-corrected chi connectivity index (χ3v) is 3.86. The van der Waals surface area contributed by atoms with Crippen LogP contribution in [0.2, 0.25) is 0 Å². The second-order valence-corrected chi connectivity index (χ2v) is 6.11. The number of aliphatic hydroxyl groups excluding tert-OH is 1. The summed E-state index contributed by atoms with van der Waals surface area (Å²) in [6.07, 6.45) is 4.03. The van der Waals surface area contributed by atoms with E-state index in [4.69, 9.17) is 4.74 Å². The molecule has 1 atom stereocenters. The molecular weight excluding hydrogens is 337 g/mol. The lowest BCUT2D eigenvalue weighted by Gasteiger charge is -2.15. The Morgan fingerprint density at radius 3 is 2.81 bits per heavy atom. The van der Waals surface area contributed by atoms with E-state index >= 15 is 0 Å². The van der Waals surface area contributed by atoms with E-state index in [9.17, 15) is 9.50 Å². The molecule has 0 bridgehead atoms. The summed E-state index contributed by atoms with van der Waals surface area (Å²) in [6.45, 7) is 5.39. The van der Waals surface area contributed by atoms with E-state index in [1.807, 2.05) is 6.92 Å². The molecule has 120 valence electrons. The Kier molecular flexibility index (Phi) is 8.88. The van der Waals surface area contributed by atoms with Crippen LogP contribution in [-0.4, -0.2) is 31.0 Å². The van der Waals surface area contributed by atoms with Crippen molar-refractivity contribution in [3.8, 4) is 0 Å². The average Bonchev–Trinajstić information content (AvgIpc) is 2.45. The Morgan fingerprint density at radius 2 is 2.10 bits per heavy atom. The number of hydrogen-bond acceptors (Lipinski definition) is 3. The van der Waals surface area contributed by atoms with Crippen molar-refractivity contribution >= 4 is 21.6 Å². The van der Waals surface area contributed by atoms with Crippen molar-refractivity contribution in [3.63, 3.8) is 0 Å². The molecule has 1 unspecified atom stereocenters. The lowest BCUT2D eigenvalue weighted by molar-refractivity contribution is 0.0416. The number of hydrogen-bond donors (Lipinski definition) is 2. The van der Waals surface area contributed by atoms with Crippen LogP contribution in [0.3, 0.4) is 0 Å². The maximum Gasteiger partial charge on any atom is 0.139 e. The van der Waals surface area contributed by atoms with Crippen LogP contribution in [0.25, 0.3) is 0 Å². The number of aryl methyl sites for hydroxylation is 1. The summed E-state index contributed by atoms with van der Waals surface area (Å²) < 4.78 is 19.3. The van der Waals surface area contributed by atoms with Gasteiger partial charge in [-0.1, -0.05) is 26.2 Å². The minimum Gasteiger partial charge on any atom is -0.389 e. The van der Waals surface area contributed by atoms with Crippen LogP contribution < -0.4 is 5.32 Å². The Hall–Kier alpha value is -0.650. The maximum atomic E-state index is 13.5. The summed E-state index contributed by atoms with van der Waals surface area (Å²) >= 11 is 3.15. The summed E-state index contributed by atoms with van der Waals surface area (Å²) in [7, 11) is 0. The molecule has 1 rings (SSSR count). The van der Waals surface area contributed by atoms with Crippen LogP contribution in [-0.2, 0) is 4.74 Å². The first-order valence-electron chi connectivity index (χ1n) is 7.50. The predicted octanol–water partition coefficient (Wildman–Crippen LogP) is 4.27. The first-order chi connectivity index (χ1) is 10.0. The third kappa shape index (κ3) is 7.25. The fraction of sp³-hybridized carbons (Fsp3) is 0.625. The zero-order valence-corrected chi connectivity index (χ0v) is 14.4. The van der Waals surface area contributed by atoms with E-state index in [0.717, 1.165) is 12.0 Å². The molecule has 1 aromatic rings. The van der Waals surface area contributed by atoms with Crippen molar-refractivity contribution in [1.82, 2.24) is 0 Å². The van der Waals surface area contributed by atoms with Gasteiger partial charge in [-0.05, 0) is 47.0 Å². The lowest BCUT2D eigenvalue weighted by atomic mass is 10.2. The minimum absolute atomic E-state index is 0.303. The Bertz CT molecular complexity index is 429. The van der Waals surface area contributed by atoms with Crippen LogP contribution in [0.5, 0.6) is 0 Å². The van der Waals surface area contributed by atoms with Gasteiger partial charge in [0, 0.05) is 18.8 Å². The monoisotopic (exact) mass is 361 g/mol. The fourth-order valence-corrected chi connectivity index (χ4v) is 2.43. The number of halogens is 2. The first-order valence-corrected chi connectivity index (χ1v) is 8.29. The Balaban J connectivity index is 2.24. The smallest absolute Gasteiger partial charge is 0.139 e. The molecular formula is C16H25BrFNO2. The van der Waals surface area contributed by atoms with E-state index in [2.05, 4.69) is 28.2 Å². The average molecular weight is 362 g/mol. The van der Waals surface area contributed by atoms with Gasteiger partial charge in [0.2, 0.25) is 0 Å². The van der Waals surface area contributed by atoms with Gasteiger partial charge in [0.05, 0.1) is 17.2 Å². The molecule has 1 aromatic carbocycles. The second kappa shape index (κ2) is 10.1. The van der Waals surface area contributed by atoms with Gasteiger partial charge in [-0.25, -0.2) is 4.39 Å². The van der Waals surface area contributed by atoms with E-state index in [-0.39, 0.29) is 5.82 Å². The molecule has 0 aromatic heterocycles. The summed E-state index contributed by atoms with van der Waals surface area (Å²) in [6, 6.07) is 3.14. The molecule has 0 aliphatic heterocycles. The van der Waals surface area contributed by atoms with Gasteiger partial charge in [0.25, 0.3) is 0 Å². The number of benzene rings is 1. The molecule has 0 spiro atoms. The zero-order valence-electron chi connectivity index (χ0n) is 12.8. The van der Waals surface area contributed by atoms with Crippen LogP contribution in [0, 0.1) is 12.7 Å². The SMILES string of the molecule is CCCCCCOCC(O)CNc1cc(F)c(Br)cc1C. The summed E-state index contributed by atoms with van der Waals surface area (Å²) in [5.74, 6) is -0.315. The molecule has 3 nitrogen and oxygen atoms in total. The van der Waals surface area contributed by atoms with Crippen molar-refractivity contribution in [3.05, 3.63) is 28.0 Å². The number of unbranched alkanes of at least 4 members (excludes halogenated alkanes) is 3. The molecule has 21 heavy (non-hydrogen) atoms. The number of anilines is 1. The number of aliphatic hydroxyl groups is 1. The fourth-order valence-electron chi connectivity index (χ4n) is 1.97.